The van der Waals surface area contributed by atoms with Crippen molar-refractivity contribution in [1.29, 1.82) is 0 Å². The Morgan fingerprint density at radius 2 is 1.08 bits per heavy atom. The summed E-state index contributed by atoms with van der Waals surface area (Å²) >= 11 is 10.1. The van der Waals surface area contributed by atoms with Gasteiger partial charge in [-0.25, -0.2) is 0 Å². The fourth-order valence-electron chi connectivity index (χ4n) is 0.220. The standard InChI is InChI=1S/C6H12N2S4.H2O/c1-7(2)5(9)11-12-6(10)8(3)4;/h1-4H3;1H2. The van der Waals surface area contributed by atoms with E-state index >= 15 is 0 Å². The molecule has 0 amide bonds. The van der Waals surface area contributed by atoms with Gasteiger partial charge >= 0.3 is 0 Å². The molecule has 0 bridgehead atoms. The highest BCUT2D eigenvalue weighted by Gasteiger charge is 2.04. The van der Waals surface area contributed by atoms with Crippen LogP contribution in [0.2, 0.25) is 0 Å². The minimum atomic E-state index is 0. The normalized spacial score (nSPS) is 8.62. The molecule has 0 aromatic rings. The predicted octanol–water partition coefficient (Wildman–Crippen LogP) is 1.24. The minimum Gasteiger partial charge on any atom is -0.412 e. The first-order chi connectivity index (χ1) is 5.45. The Morgan fingerprint density at radius 3 is 1.23 bits per heavy atom. The van der Waals surface area contributed by atoms with Crippen molar-refractivity contribution in [3.05, 3.63) is 0 Å². The van der Waals surface area contributed by atoms with Crippen LogP contribution in [-0.4, -0.2) is 52.1 Å². The van der Waals surface area contributed by atoms with Gasteiger partial charge in [-0.05, 0) is 21.6 Å². The largest absolute Gasteiger partial charge is 0.412 e. The summed E-state index contributed by atoms with van der Waals surface area (Å²) < 4.78 is 1.67. The van der Waals surface area contributed by atoms with E-state index in [-0.39, 0.29) is 5.48 Å². The number of hydrogen-bond acceptors (Lipinski definition) is 4. The Hall–Kier alpha value is 0.440. The van der Waals surface area contributed by atoms with Crippen LogP contribution in [0.25, 0.3) is 0 Å². The third kappa shape index (κ3) is 7.51. The molecule has 0 aliphatic rings. The molecule has 0 unspecified atom stereocenters. The van der Waals surface area contributed by atoms with E-state index in [1.54, 1.807) is 0 Å². The molecule has 0 aromatic carbocycles. The number of hydrogen-bond donors (Lipinski definition) is 0. The van der Waals surface area contributed by atoms with Gasteiger partial charge in [0.25, 0.3) is 0 Å². The molecule has 0 rings (SSSR count). The van der Waals surface area contributed by atoms with Crippen LogP contribution < -0.4 is 0 Å². The minimum absolute atomic E-state index is 0. The fraction of sp³-hybridized carbons (Fsp3) is 0.667. The molecule has 0 spiro atoms. The summed E-state index contributed by atoms with van der Waals surface area (Å²) in [6.07, 6.45) is 0. The van der Waals surface area contributed by atoms with Crippen molar-refractivity contribution in [1.82, 2.24) is 9.80 Å². The molecule has 0 heterocycles. The van der Waals surface area contributed by atoms with Crippen LogP contribution >= 0.6 is 46.0 Å². The van der Waals surface area contributed by atoms with E-state index in [1.165, 1.54) is 21.6 Å². The van der Waals surface area contributed by atoms with Gasteiger partial charge in [-0.3, -0.25) is 0 Å². The molecule has 0 aliphatic heterocycles. The third-order valence-corrected chi connectivity index (χ3v) is 5.07. The van der Waals surface area contributed by atoms with Gasteiger partial charge in [0, 0.05) is 28.2 Å². The maximum atomic E-state index is 5.07. The van der Waals surface area contributed by atoms with Crippen molar-refractivity contribution in [3.63, 3.8) is 0 Å². The zero-order valence-corrected chi connectivity index (χ0v) is 11.3. The van der Waals surface area contributed by atoms with Crippen molar-refractivity contribution in [2.45, 2.75) is 0 Å². The molecular weight excluding hydrogens is 244 g/mol. The second-order valence-electron chi connectivity index (χ2n) is 2.49. The third-order valence-electron chi connectivity index (χ3n) is 0.915. The summed E-state index contributed by atoms with van der Waals surface area (Å²) in [4.78, 5) is 3.79. The van der Waals surface area contributed by atoms with Gasteiger partial charge in [0.05, 0.1) is 0 Å². The summed E-state index contributed by atoms with van der Waals surface area (Å²) in [5.74, 6) is 0. The van der Waals surface area contributed by atoms with E-state index in [0.29, 0.717) is 0 Å². The lowest BCUT2D eigenvalue weighted by atomic mass is 11.0. The summed E-state index contributed by atoms with van der Waals surface area (Å²) in [7, 11) is 10.7. The molecule has 0 saturated carbocycles. The number of rotatable bonds is 0. The fourth-order valence-corrected chi connectivity index (χ4v) is 2.60. The molecule has 0 atom stereocenters. The second-order valence-corrected chi connectivity index (χ2v) is 5.88. The van der Waals surface area contributed by atoms with Crippen molar-refractivity contribution >= 4 is 54.7 Å². The summed E-state index contributed by atoms with van der Waals surface area (Å²) in [5, 5.41) is 0. The molecule has 13 heavy (non-hydrogen) atoms. The van der Waals surface area contributed by atoms with E-state index in [2.05, 4.69) is 0 Å². The van der Waals surface area contributed by atoms with E-state index in [9.17, 15) is 0 Å². The highest BCUT2D eigenvalue weighted by molar-refractivity contribution is 8.89. The average molecular weight is 258 g/mol. The quantitative estimate of drug-likeness (QED) is 0.481. The van der Waals surface area contributed by atoms with Crippen LogP contribution in [0.3, 0.4) is 0 Å². The Kier molecular flexibility index (Phi) is 9.55. The average Bonchev–Trinajstić information content (AvgIpc) is 1.98. The smallest absolute Gasteiger partial charge is 0.146 e. The van der Waals surface area contributed by atoms with Gasteiger partial charge < -0.3 is 15.3 Å². The first kappa shape index (κ1) is 15.9. The Bertz CT molecular complexity index is 163. The van der Waals surface area contributed by atoms with Crippen molar-refractivity contribution in [2.75, 3.05) is 28.2 Å². The van der Waals surface area contributed by atoms with E-state index in [0.717, 1.165) is 8.64 Å². The molecule has 0 saturated heterocycles. The van der Waals surface area contributed by atoms with Crippen molar-refractivity contribution in [2.24, 2.45) is 0 Å². The molecule has 0 radical (unpaired) electrons. The van der Waals surface area contributed by atoms with Gasteiger partial charge in [-0.2, -0.15) is 0 Å². The van der Waals surface area contributed by atoms with Gasteiger partial charge in [0.1, 0.15) is 8.64 Å². The van der Waals surface area contributed by atoms with Crippen LogP contribution in [0.5, 0.6) is 0 Å². The van der Waals surface area contributed by atoms with Gasteiger partial charge in [0.2, 0.25) is 0 Å². The van der Waals surface area contributed by atoms with Crippen LogP contribution in [0.1, 0.15) is 0 Å². The second kappa shape index (κ2) is 7.81. The lowest BCUT2D eigenvalue weighted by Gasteiger charge is -2.15. The lowest BCUT2D eigenvalue weighted by Crippen LogP contribution is -2.18. The van der Waals surface area contributed by atoms with E-state index in [4.69, 9.17) is 24.4 Å². The molecule has 78 valence electrons. The molecule has 7 heteroatoms. The first-order valence-electron chi connectivity index (χ1n) is 3.22. The van der Waals surface area contributed by atoms with Crippen LogP contribution in [0.15, 0.2) is 0 Å². The summed E-state index contributed by atoms with van der Waals surface area (Å²) in [6, 6.07) is 0. The van der Waals surface area contributed by atoms with Crippen LogP contribution in [-0.2, 0) is 0 Å². The molecular formula is C6H14N2OS4. The number of nitrogens with zero attached hydrogens (tertiary/aromatic N) is 2. The van der Waals surface area contributed by atoms with Gasteiger partial charge in [0.15, 0.2) is 0 Å². The first-order valence-corrected chi connectivity index (χ1v) is 6.19. The topological polar surface area (TPSA) is 38.0 Å². The Balaban J connectivity index is 0. The molecule has 0 aliphatic carbocycles. The summed E-state index contributed by atoms with van der Waals surface area (Å²) in [6.45, 7) is 0. The van der Waals surface area contributed by atoms with Crippen molar-refractivity contribution in [3.8, 4) is 0 Å². The molecule has 0 aromatic heterocycles. The monoisotopic (exact) mass is 258 g/mol. The predicted molar refractivity (Wildman–Crippen MR) is 71.4 cm³/mol. The van der Waals surface area contributed by atoms with Crippen LogP contribution in [0.4, 0.5) is 0 Å². The molecule has 2 N–H and O–H groups in total. The highest BCUT2D eigenvalue weighted by atomic mass is 33.1. The van der Waals surface area contributed by atoms with Crippen molar-refractivity contribution < 1.29 is 5.48 Å². The maximum Gasteiger partial charge on any atom is 0.146 e. The SMILES string of the molecule is CN(C)C(=S)SSC(=S)N(C)C.O. The van der Waals surface area contributed by atoms with Crippen LogP contribution in [0, 0.1) is 0 Å². The van der Waals surface area contributed by atoms with E-state index < -0.39 is 0 Å². The highest BCUT2D eigenvalue weighted by Crippen LogP contribution is 2.26. The maximum absolute atomic E-state index is 5.07. The van der Waals surface area contributed by atoms with Gasteiger partial charge in [-0.1, -0.05) is 24.4 Å². The molecule has 3 nitrogen and oxygen atoms in total. The zero-order valence-electron chi connectivity index (χ0n) is 8.03. The van der Waals surface area contributed by atoms with E-state index in [1.807, 2.05) is 38.0 Å². The number of thiocarbonyl (C=S) groups is 2. The van der Waals surface area contributed by atoms with Gasteiger partial charge in [-0.15, -0.1) is 0 Å². The molecule has 0 fully saturated rings. The zero-order chi connectivity index (χ0) is 9.72. The lowest BCUT2D eigenvalue weighted by molar-refractivity contribution is 0.647. The Labute approximate surface area is 97.9 Å². The Morgan fingerprint density at radius 1 is 0.846 bits per heavy atom. The summed E-state index contributed by atoms with van der Waals surface area (Å²) in [5.41, 5.74) is 0.